The van der Waals surface area contributed by atoms with E-state index in [1.54, 1.807) is 7.11 Å². The van der Waals surface area contributed by atoms with E-state index >= 15 is 0 Å². The van der Waals surface area contributed by atoms with Crippen molar-refractivity contribution in [2.45, 2.75) is 26.0 Å². The highest BCUT2D eigenvalue weighted by atomic mass is 32.1. The Balaban J connectivity index is 1.98. The Morgan fingerprint density at radius 2 is 2.42 bits per heavy atom. The van der Waals surface area contributed by atoms with Crippen LogP contribution in [0.15, 0.2) is 12.2 Å². The number of methoxy groups -OCH3 is 1. The van der Waals surface area contributed by atoms with Gasteiger partial charge in [-0.3, -0.25) is 4.79 Å². The summed E-state index contributed by atoms with van der Waals surface area (Å²) in [5.41, 5.74) is 0.732. The maximum Gasteiger partial charge on any atom is 0.263 e. The second kappa shape index (κ2) is 6.27. The Bertz CT molecular complexity index is 484. The van der Waals surface area contributed by atoms with Crippen molar-refractivity contribution in [1.82, 2.24) is 10.3 Å². The lowest BCUT2D eigenvalue weighted by Crippen LogP contribution is -2.32. The number of aliphatic hydroxyl groups is 1. The SMILES string of the molecule is COCc1nc(C)c(C(=O)N[C@@H]2C=C[C@H](CO)C2)s1. The van der Waals surface area contributed by atoms with Gasteiger partial charge >= 0.3 is 0 Å². The first kappa shape index (κ1) is 14.2. The third-order valence-electron chi connectivity index (χ3n) is 3.04. The van der Waals surface area contributed by atoms with E-state index in [-0.39, 0.29) is 24.5 Å². The summed E-state index contributed by atoms with van der Waals surface area (Å²) in [7, 11) is 1.61. The Hall–Kier alpha value is -1.24. The lowest BCUT2D eigenvalue weighted by Gasteiger charge is -2.11. The van der Waals surface area contributed by atoms with E-state index in [9.17, 15) is 4.79 Å². The number of amides is 1. The topological polar surface area (TPSA) is 71.5 Å². The molecule has 1 aliphatic carbocycles. The van der Waals surface area contributed by atoms with Gasteiger partial charge in [-0.15, -0.1) is 11.3 Å². The fourth-order valence-electron chi connectivity index (χ4n) is 2.10. The lowest BCUT2D eigenvalue weighted by atomic mass is 10.1. The molecule has 1 aromatic rings. The molecule has 2 rings (SSSR count). The van der Waals surface area contributed by atoms with Gasteiger partial charge < -0.3 is 15.2 Å². The molecule has 1 aliphatic rings. The molecule has 2 atom stereocenters. The molecule has 1 heterocycles. The largest absolute Gasteiger partial charge is 0.396 e. The highest BCUT2D eigenvalue weighted by molar-refractivity contribution is 7.13. The zero-order chi connectivity index (χ0) is 13.8. The molecule has 0 spiro atoms. The van der Waals surface area contributed by atoms with Crippen molar-refractivity contribution in [2.24, 2.45) is 5.92 Å². The number of carbonyl (C=O) groups excluding carboxylic acids is 1. The molecule has 0 fully saturated rings. The summed E-state index contributed by atoms with van der Waals surface area (Å²) >= 11 is 1.36. The second-order valence-electron chi connectivity index (χ2n) is 4.60. The molecule has 0 bridgehead atoms. The average molecular weight is 282 g/mol. The summed E-state index contributed by atoms with van der Waals surface area (Å²) in [6, 6.07) is -0.00275. The number of aromatic nitrogens is 1. The van der Waals surface area contributed by atoms with Gasteiger partial charge in [-0.05, 0) is 13.3 Å². The number of nitrogens with zero attached hydrogens (tertiary/aromatic N) is 1. The molecule has 6 heteroatoms. The minimum Gasteiger partial charge on any atom is -0.396 e. The molecular weight excluding hydrogens is 264 g/mol. The smallest absolute Gasteiger partial charge is 0.263 e. The van der Waals surface area contributed by atoms with E-state index in [0.717, 1.165) is 17.1 Å². The molecule has 0 saturated heterocycles. The minimum absolute atomic E-state index is 0.00275. The summed E-state index contributed by atoms with van der Waals surface area (Å²) < 4.78 is 5.02. The summed E-state index contributed by atoms with van der Waals surface area (Å²) in [6.45, 7) is 2.38. The van der Waals surface area contributed by atoms with Crippen molar-refractivity contribution in [3.05, 3.63) is 27.7 Å². The summed E-state index contributed by atoms with van der Waals surface area (Å²) in [5, 5.41) is 12.8. The number of aryl methyl sites for hydroxylation is 1. The van der Waals surface area contributed by atoms with Crippen molar-refractivity contribution in [3.63, 3.8) is 0 Å². The molecular formula is C13H18N2O3S. The van der Waals surface area contributed by atoms with Crippen LogP contribution in [0.2, 0.25) is 0 Å². The molecule has 0 saturated carbocycles. The third kappa shape index (κ3) is 3.40. The van der Waals surface area contributed by atoms with Crippen molar-refractivity contribution in [2.75, 3.05) is 13.7 Å². The predicted molar refractivity (Wildman–Crippen MR) is 73.2 cm³/mol. The van der Waals surface area contributed by atoms with Gasteiger partial charge in [-0.2, -0.15) is 0 Å². The maximum atomic E-state index is 12.2. The number of aliphatic hydroxyl groups excluding tert-OH is 1. The number of nitrogens with one attached hydrogen (secondary N) is 1. The number of carbonyl (C=O) groups is 1. The molecule has 1 aromatic heterocycles. The lowest BCUT2D eigenvalue weighted by molar-refractivity contribution is 0.0944. The van der Waals surface area contributed by atoms with Crippen molar-refractivity contribution >= 4 is 17.2 Å². The van der Waals surface area contributed by atoms with E-state index in [0.29, 0.717) is 11.5 Å². The van der Waals surface area contributed by atoms with Crippen LogP contribution in [-0.4, -0.2) is 35.8 Å². The molecule has 19 heavy (non-hydrogen) atoms. The van der Waals surface area contributed by atoms with Gasteiger partial charge in [0.15, 0.2) is 0 Å². The standard InChI is InChI=1S/C13H18N2O3S/c1-8-12(19-11(14-8)7-18-2)13(17)15-10-4-3-9(5-10)6-16/h3-4,9-10,16H,5-7H2,1-2H3,(H,15,17)/t9-,10+/m0/s1. The van der Waals surface area contributed by atoms with E-state index in [2.05, 4.69) is 10.3 Å². The van der Waals surface area contributed by atoms with Gasteiger partial charge in [0.1, 0.15) is 9.88 Å². The Labute approximate surface area is 116 Å². The minimum atomic E-state index is -0.106. The molecule has 104 valence electrons. The van der Waals surface area contributed by atoms with Gasteiger partial charge in [0, 0.05) is 25.7 Å². The van der Waals surface area contributed by atoms with Crippen LogP contribution in [-0.2, 0) is 11.3 Å². The second-order valence-corrected chi connectivity index (χ2v) is 5.68. The van der Waals surface area contributed by atoms with Crippen LogP contribution in [0.3, 0.4) is 0 Å². The van der Waals surface area contributed by atoms with Crippen LogP contribution in [0, 0.1) is 12.8 Å². The summed E-state index contributed by atoms with van der Waals surface area (Å²) in [4.78, 5) is 17.1. The number of hydrogen-bond donors (Lipinski definition) is 2. The van der Waals surface area contributed by atoms with Crippen LogP contribution >= 0.6 is 11.3 Å². The first-order valence-corrected chi connectivity index (χ1v) is 7.01. The summed E-state index contributed by atoms with van der Waals surface area (Å²) in [5.74, 6) is 0.0440. The highest BCUT2D eigenvalue weighted by Crippen LogP contribution is 2.21. The zero-order valence-corrected chi connectivity index (χ0v) is 11.9. The molecule has 0 radical (unpaired) electrons. The first-order chi connectivity index (χ1) is 9.13. The molecule has 2 N–H and O–H groups in total. The monoisotopic (exact) mass is 282 g/mol. The van der Waals surface area contributed by atoms with Crippen molar-refractivity contribution in [3.8, 4) is 0 Å². The molecule has 1 amide bonds. The highest BCUT2D eigenvalue weighted by Gasteiger charge is 2.22. The predicted octanol–water partition coefficient (Wildman–Crippen LogP) is 1.26. The number of thiazole rings is 1. The zero-order valence-electron chi connectivity index (χ0n) is 11.0. The molecule has 0 aliphatic heterocycles. The van der Waals surface area contributed by atoms with E-state index in [1.165, 1.54) is 11.3 Å². The van der Waals surface area contributed by atoms with Crippen molar-refractivity contribution in [1.29, 1.82) is 0 Å². The number of ether oxygens (including phenoxy) is 1. The fourth-order valence-corrected chi connectivity index (χ4v) is 3.04. The van der Waals surface area contributed by atoms with Crippen LogP contribution < -0.4 is 5.32 Å². The molecule has 0 aromatic carbocycles. The van der Waals surface area contributed by atoms with Crippen LogP contribution in [0.25, 0.3) is 0 Å². The quantitative estimate of drug-likeness (QED) is 0.798. The maximum absolute atomic E-state index is 12.2. The Kier molecular flexibility index (Phi) is 4.68. The van der Waals surface area contributed by atoms with Gasteiger partial charge in [-0.1, -0.05) is 12.2 Å². The van der Waals surface area contributed by atoms with Gasteiger partial charge in [0.25, 0.3) is 5.91 Å². The van der Waals surface area contributed by atoms with Crippen molar-refractivity contribution < 1.29 is 14.6 Å². The van der Waals surface area contributed by atoms with E-state index in [1.807, 2.05) is 19.1 Å². The molecule has 0 unspecified atom stereocenters. The Morgan fingerprint density at radius 1 is 1.63 bits per heavy atom. The number of rotatable bonds is 5. The van der Waals surface area contributed by atoms with Crippen LogP contribution in [0.4, 0.5) is 0 Å². The summed E-state index contributed by atoms with van der Waals surface area (Å²) in [6.07, 6.45) is 4.64. The van der Waals surface area contributed by atoms with E-state index in [4.69, 9.17) is 9.84 Å². The fraction of sp³-hybridized carbons (Fsp3) is 0.538. The van der Waals surface area contributed by atoms with Crippen LogP contribution in [0.5, 0.6) is 0 Å². The third-order valence-corrected chi connectivity index (χ3v) is 4.17. The Morgan fingerprint density at radius 3 is 3.05 bits per heavy atom. The van der Waals surface area contributed by atoms with E-state index < -0.39 is 0 Å². The van der Waals surface area contributed by atoms with Gasteiger partial charge in [-0.25, -0.2) is 4.98 Å². The normalized spacial score (nSPS) is 21.8. The van der Waals surface area contributed by atoms with Gasteiger partial charge in [0.2, 0.25) is 0 Å². The number of hydrogen-bond acceptors (Lipinski definition) is 5. The first-order valence-electron chi connectivity index (χ1n) is 6.19. The van der Waals surface area contributed by atoms with Crippen LogP contribution in [0.1, 0.15) is 26.8 Å². The van der Waals surface area contributed by atoms with Gasteiger partial charge in [0.05, 0.1) is 12.3 Å². The average Bonchev–Trinajstić information content (AvgIpc) is 2.96. The molecule has 5 nitrogen and oxygen atoms in total.